The third-order valence-electron chi connectivity index (χ3n) is 4.93. The number of allylic oxidation sites excluding steroid dienone is 5. The highest BCUT2D eigenvalue weighted by molar-refractivity contribution is 6.30. The molecule has 9 heteroatoms. The van der Waals surface area contributed by atoms with Crippen LogP contribution in [0.1, 0.15) is 5.56 Å². The second-order valence-electron chi connectivity index (χ2n) is 7.17. The topological polar surface area (TPSA) is 80.0 Å². The lowest BCUT2D eigenvalue weighted by atomic mass is 9.95. The van der Waals surface area contributed by atoms with Crippen molar-refractivity contribution in [2.45, 2.75) is 6.43 Å². The number of halogens is 3. The summed E-state index contributed by atoms with van der Waals surface area (Å²) in [4.78, 5) is 18.0. The number of aromatic nitrogens is 2. The van der Waals surface area contributed by atoms with Gasteiger partial charge in [0.15, 0.2) is 12.3 Å². The van der Waals surface area contributed by atoms with Gasteiger partial charge in [0.2, 0.25) is 5.88 Å². The highest BCUT2D eigenvalue weighted by Gasteiger charge is 2.18. The van der Waals surface area contributed by atoms with E-state index in [2.05, 4.69) is 10.3 Å². The summed E-state index contributed by atoms with van der Waals surface area (Å²) in [6, 6.07) is 11.5. The molecule has 0 fully saturated rings. The monoisotopic (exact) mass is 468 g/mol. The molecule has 1 aromatic carbocycles. The molecular weight excluding hydrogens is 450 g/mol. The molecule has 2 aromatic heterocycles. The van der Waals surface area contributed by atoms with Gasteiger partial charge in [-0.1, -0.05) is 17.7 Å². The molecular formula is C24H19ClF2N4O2. The molecule has 33 heavy (non-hydrogen) atoms. The van der Waals surface area contributed by atoms with Crippen LogP contribution in [0.4, 0.5) is 8.78 Å². The molecule has 6 nitrogen and oxygen atoms in total. The number of nitrogens with zero attached hydrogens (tertiary/aromatic N) is 2. The minimum Gasteiger partial charge on any atom is -0.472 e. The smallest absolute Gasteiger partial charge is 0.272 e. The summed E-state index contributed by atoms with van der Waals surface area (Å²) in [6.45, 7) is -0.800. The summed E-state index contributed by atoms with van der Waals surface area (Å²) in [5, 5.41) is 12.1. The van der Waals surface area contributed by atoms with Crippen LogP contribution in [0.25, 0.3) is 22.3 Å². The number of pyridine rings is 2. The zero-order valence-electron chi connectivity index (χ0n) is 17.5. The fourth-order valence-electron chi connectivity index (χ4n) is 3.44. The molecule has 4 rings (SSSR count). The zero-order valence-corrected chi connectivity index (χ0v) is 18.2. The third-order valence-corrected chi connectivity index (χ3v) is 5.18. The molecule has 3 aromatic rings. The van der Waals surface area contributed by atoms with Gasteiger partial charge in [0.05, 0.1) is 11.4 Å². The first-order valence-electron chi connectivity index (χ1n) is 9.97. The Hall–Kier alpha value is -3.78. The first kappa shape index (κ1) is 22.4. The largest absolute Gasteiger partial charge is 0.472 e. The summed E-state index contributed by atoms with van der Waals surface area (Å²) in [6.07, 6.45) is 4.11. The van der Waals surface area contributed by atoms with E-state index in [0.717, 1.165) is 0 Å². The highest BCUT2D eigenvalue weighted by Crippen LogP contribution is 2.26. The number of hydrogen-bond acceptors (Lipinski definition) is 5. The van der Waals surface area contributed by atoms with E-state index in [1.54, 1.807) is 67.9 Å². The van der Waals surface area contributed by atoms with Gasteiger partial charge in [-0.2, -0.15) is 4.98 Å². The van der Waals surface area contributed by atoms with Crippen molar-refractivity contribution in [1.29, 1.82) is 5.41 Å². The van der Waals surface area contributed by atoms with Crippen LogP contribution in [-0.4, -0.2) is 35.3 Å². The van der Waals surface area contributed by atoms with E-state index in [1.165, 1.54) is 10.6 Å². The van der Waals surface area contributed by atoms with Crippen LogP contribution < -0.4 is 15.6 Å². The molecule has 1 aliphatic rings. The molecule has 0 amide bonds. The Bertz CT molecular complexity index is 1380. The molecule has 0 bridgehead atoms. The van der Waals surface area contributed by atoms with E-state index in [1.807, 2.05) is 0 Å². The van der Waals surface area contributed by atoms with Crippen molar-refractivity contribution in [3.63, 3.8) is 0 Å². The maximum atomic E-state index is 13.7. The van der Waals surface area contributed by atoms with Crippen molar-refractivity contribution in [3.8, 4) is 11.6 Å². The van der Waals surface area contributed by atoms with Gasteiger partial charge in [-0.05, 0) is 54.1 Å². The number of alkyl halides is 2. The van der Waals surface area contributed by atoms with Crippen molar-refractivity contribution in [2.75, 3.05) is 13.7 Å². The van der Waals surface area contributed by atoms with Crippen LogP contribution in [0.5, 0.6) is 5.88 Å². The van der Waals surface area contributed by atoms with Crippen LogP contribution in [-0.2, 0) is 0 Å². The van der Waals surface area contributed by atoms with Crippen molar-refractivity contribution < 1.29 is 13.5 Å². The van der Waals surface area contributed by atoms with Crippen molar-refractivity contribution in [3.05, 3.63) is 93.4 Å². The van der Waals surface area contributed by atoms with E-state index >= 15 is 0 Å². The van der Waals surface area contributed by atoms with Crippen LogP contribution >= 0.6 is 11.6 Å². The van der Waals surface area contributed by atoms with E-state index in [-0.39, 0.29) is 17.1 Å². The Morgan fingerprint density at radius 2 is 1.97 bits per heavy atom. The lowest BCUT2D eigenvalue weighted by Crippen LogP contribution is -2.23. The van der Waals surface area contributed by atoms with Crippen molar-refractivity contribution in [1.82, 2.24) is 14.9 Å². The second-order valence-corrected chi connectivity index (χ2v) is 7.61. The Kier molecular flexibility index (Phi) is 6.37. The van der Waals surface area contributed by atoms with Gasteiger partial charge < -0.3 is 15.5 Å². The average molecular weight is 469 g/mol. The summed E-state index contributed by atoms with van der Waals surface area (Å²) in [5.41, 5.74) is 2.37. The summed E-state index contributed by atoms with van der Waals surface area (Å²) in [5.74, 6) is -0.0119. The van der Waals surface area contributed by atoms with E-state index in [9.17, 15) is 13.6 Å². The average Bonchev–Trinajstić information content (AvgIpc) is 2.80. The van der Waals surface area contributed by atoms with Crippen LogP contribution in [0.3, 0.4) is 0 Å². The number of fused-ring (bicyclic) bond motifs is 1. The molecule has 168 valence electrons. The number of nitrogens with one attached hydrogen (secondary N) is 2. The molecule has 0 unspecified atom stereocenters. The standard InChI is InChI=1S/C24H19ClF2N4O2/c1-29-12-16-10-14(2-8-20(16)28)19-11-15-3-9-22(33-13-21(26)27)30-23(15)31(24(19)32)18-6-4-17(25)5-7-18/h2-12,21,28-29H,13H2,1H3/b16-12-,28-20?. The second kappa shape index (κ2) is 9.38. The fourth-order valence-corrected chi connectivity index (χ4v) is 3.56. The quantitative estimate of drug-likeness (QED) is 0.546. The first-order valence-corrected chi connectivity index (χ1v) is 10.4. The molecule has 1 aliphatic carbocycles. The molecule has 2 N–H and O–H groups in total. The lowest BCUT2D eigenvalue weighted by molar-refractivity contribution is 0.0797. The number of hydrogen-bond donors (Lipinski definition) is 2. The van der Waals surface area contributed by atoms with E-state index in [0.29, 0.717) is 38.5 Å². The number of rotatable bonds is 6. The highest BCUT2D eigenvalue weighted by atomic mass is 35.5. The molecule has 0 spiro atoms. The Labute approximate surface area is 193 Å². The predicted molar refractivity (Wildman–Crippen MR) is 126 cm³/mol. The minimum atomic E-state index is -2.65. The summed E-state index contributed by atoms with van der Waals surface area (Å²) >= 11 is 6.02. The van der Waals surface area contributed by atoms with Crippen molar-refractivity contribution in [2.24, 2.45) is 0 Å². The molecule has 0 aliphatic heterocycles. The fraction of sp³-hybridized carbons (Fsp3) is 0.125. The Morgan fingerprint density at radius 1 is 1.21 bits per heavy atom. The Morgan fingerprint density at radius 3 is 2.67 bits per heavy atom. The SMILES string of the molecule is CN/C=C1/C=C(c2cc3ccc(OCC(F)F)nc3n(-c3ccc(Cl)cc3)c2=O)C=CC1=N. The van der Waals surface area contributed by atoms with Gasteiger partial charge in [-0.3, -0.25) is 9.36 Å². The Balaban J connectivity index is 1.95. The summed E-state index contributed by atoms with van der Waals surface area (Å²) < 4.78 is 31.7. The van der Waals surface area contributed by atoms with Crippen molar-refractivity contribution >= 4 is 33.9 Å². The normalized spacial score (nSPS) is 14.8. The molecule has 0 saturated heterocycles. The minimum absolute atomic E-state index is 0.0119. The molecule has 2 heterocycles. The lowest BCUT2D eigenvalue weighted by Gasteiger charge is -2.16. The van der Waals surface area contributed by atoms with Crippen LogP contribution in [0, 0.1) is 5.41 Å². The number of ether oxygens (including phenoxy) is 1. The maximum absolute atomic E-state index is 13.7. The molecule has 0 atom stereocenters. The molecule has 0 saturated carbocycles. The summed E-state index contributed by atoms with van der Waals surface area (Å²) in [7, 11) is 1.73. The third kappa shape index (κ3) is 4.70. The maximum Gasteiger partial charge on any atom is 0.272 e. The van der Waals surface area contributed by atoms with Gasteiger partial charge in [0.1, 0.15) is 0 Å². The van der Waals surface area contributed by atoms with Gasteiger partial charge >= 0.3 is 0 Å². The van der Waals surface area contributed by atoms with E-state index < -0.39 is 13.0 Å². The van der Waals surface area contributed by atoms with Gasteiger partial charge in [-0.25, -0.2) is 8.78 Å². The first-order chi connectivity index (χ1) is 15.9. The van der Waals surface area contributed by atoms with Gasteiger partial charge in [-0.15, -0.1) is 0 Å². The van der Waals surface area contributed by atoms with E-state index in [4.69, 9.17) is 21.7 Å². The predicted octanol–water partition coefficient (Wildman–Crippen LogP) is 4.76. The zero-order chi connectivity index (χ0) is 23.5. The van der Waals surface area contributed by atoms with Crippen LogP contribution in [0.15, 0.2) is 77.3 Å². The number of benzene rings is 1. The van der Waals surface area contributed by atoms with Gasteiger partial charge in [0, 0.05) is 40.9 Å². The van der Waals surface area contributed by atoms with Gasteiger partial charge in [0.25, 0.3) is 12.0 Å². The molecule has 0 radical (unpaired) electrons. The van der Waals surface area contributed by atoms with Crippen LogP contribution in [0.2, 0.25) is 5.02 Å².